The average molecular weight is 884 g/mol. The van der Waals surface area contributed by atoms with Crippen molar-refractivity contribution in [3.63, 3.8) is 0 Å². The second-order valence-corrected chi connectivity index (χ2v) is 20.3. The molecule has 56 heavy (non-hydrogen) atoms. The first-order valence-electron chi connectivity index (χ1n) is 18.5. The predicted octanol–water partition coefficient (Wildman–Crippen LogP) is 7.80. The molecule has 1 saturated heterocycles. The number of rotatable bonds is 14. The maximum atomic E-state index is 14.9. The smallest absolute Gasteiger partial charge is 0.240 e. The van der Waals surface area contributed by atoms with Crippen molar-refractivity contribution in [3.05, 3.63) is 81.2 Å². The fourth-order valence-electron chi connectivity index (χ4n) is 7.62. The number of thiazole rings is 1. The van der Waals surface area contributed by atoms with Gasteiger partial charge in [0.1, 0.15) is 11.9 Å². The molecule has 2 aromatic heterocycles. The van der Waals surface area contributed by atoms with Gasteiger partial charge >= 0.3 is 0 Å². The summed E-state index contributed by atoms with van der Waals surface area (Å²) in [6, 6.07) is 12.2. The second-order valence-electron chi connectivity index (χ2n) is 16.1. The Morgan fingerprint density at radius 1 is 1.16 bits per heavy atom. The number of aromatic nitrogens is 2. The van der Waals surface area contributed by atoms with E-state index in [4.69, 9.17) is 26.1 Å². The van der Waals surface area contributed by atoms with Crippen molar-refractivity contribution < 1.29 is 32.3 Å². The van der Waals surface area contributed by atoms with Gasteiger partial charge in [-0.25, -0.2) is 18.4 Å². The molecule has 3 fully saturated rings. The molecule has 296 valence electrons. The molecular weight excluding hydrogens is 840 g/mol. The normalized spacial score (nSPS) is 22.8. The first-order chi connectivity index (χ1) is 26.5. The van der Waals surface area contributed by atoms with Crippen molar-refractivity contribution >= 4 is 77.3 Å². The number of hydrogen-bond donors (Lipinski definition) is 1. The van der Waals surface area contributed by atoms with E-state index in [2.05, 4.69) is 32.2 Å². The minimum atomic E-state index is -3.85. The SMILES string of the molecule is C=C[C@@H]1C[C@]1(CC(=O)[C@@H]1C[C@@H](Oc2ncc(OC)c3ccc(Cl)cc23)CN1C(=O)[C@@H](Cc1nc(-c2ccc(Br)cc2)cs1)C(C)(C)C)C(=O)NS(=O)(=O)C1CC1. The van der Waals surface area contributed by atoms with Gasteiger partial charge in [0.2, 0.25) is 27.7 Å². The molecule has 2 aliphatic carbocycles. The second kappa shape index (κ2) is 15.5. The third kappa shape index (κ3) is 8.25. The van der Waals surface area contributed by atoms with Crippen molar-refractivity contribution in [2.45, 2.75) is 76.7 Å². The Kier molecular flexibility index (Phi) is 11.2. The molecule has 0 bridgehead atoms. The predicted molar refractivity (Wildman–Crippen MR) is 220 cm³/mol. The highest BCUT2D eigenvalue weighted by Gasteiger charge is 2.61. The van der Waals surface area contributed by atoms with Crippen LogP contribution in [0.4, 0.5) is 0 Å². The molecule has 15 heteroatoms. The average Bonchev–Trinajstić information content (AvgIpc) is 4.04. The van der Waals surface area contributed by atoms with E-state index in [-0.39, 0.29) is 49.3 Å². The summed E-state index contributed by atoms with van der Waals surface area (Å²) in [6.45, 7) is 9.92. The maximum Gasteiger partial charge on any atom is 0.240 e. The van der Waals surface area contributed by atoms with Crippen molar-refractivity contribution in [3.8, 4) is 22.9 Å². The summed E-state index contributed by atoms with van der Waals surface area (Å²) in [5.41, 5.74) is -0.0261. The Hall–Kier alpha value is -3.85. The van der Waals surface area contributed by atoms with Crippen LogP contribution in [0.2, 0.25) is 5.02 Å². The van der Waals surface area contributed by atoms with Gasteiger partial charge in [0.15, 0.2) is 5.78 Å². The van der Waals surface area contributed by atoms with Crippen LogP contribution < -0.4 is 14.2 Å². The minimum Gasteiger partial charge on any atom is -0.494 e. The molecule has 0 spiro atoms. The van der Waals surface area contributed by atoms with Gasteiger partial charge in [-0.2, -0.15) is 0 Å². The van der Waals surface area contributed by atoms with Gasteiger partial charge < -0.3 is 14.4 Å². The van der Waals surface area contributed by atoms with Crippen molar-refractivity contribution in [2.24, 2.45) is 22.7 Å². The van der Waals surface area contributed by atoms with Crippen LogP contribution in [-0.2, 0) is 30.8 Å². The van der Waals surface area contributed by atoms with E-state index in [0.717, 1.165) is 26.1 Å². The zero-order valence-electron chi connectivity index (χ0n) is 31.6. The lowest BCUT2D eigenvalue weighted by Crippen LogP contribution is -2.48. The molecule has 0 unspecified atom stereocenters. The number of methoxy groups -OCH3 is 1. The van der Waals surface area contributed by atoms with Gasteiger partial charge in [0.25, 0.3) is 0 Å². The van der Waals surface area contributed by atoms with Crippen LogP contribution in [-0.4, -0.2) is 71.9 Å². The molecule has 1 aliphatic heterocycles. The number of carbonyl (C=O) groups is 3. The summed E-state index contributed by atoms with van der Waals surface area (Å²) in [6.07, 6.45) is 4.01. The number of fused-ring (bicyclic) bond motifs is 1. The Bertz CT molecular complexity index is 2310. The molecule has 4 aromatic rings. The lowest BCUT2D eigenvalue weighted by atomic mass is 9.77. The van der Waals surface area contributed by atoms with Crippen LogP contribution in [0.3, 0.4) is 0 Å². The molecular formula is C41H44BrClN4O7S2. The number of ketones is 1. The molecule has 2 amide bonds. The Balaban J connectivity index is 1.19. The number of pyridine rings is 1. The largest absolute Gasteiger partial charge is 0.494 e. The number of ether oxygens (including phenoxy) is 2. The van der Waals surface area contributed by atoms with Crippen LogP contribution in [0.5, 0.6) is 11.6 Å². The third-order valence-electron chi connectivity index (χ3n) is 11.2. The minimum absolute atomic E-state index is 0.0831. The summed E-state index contributed by atoms with van der Waals surface area (Å²) in [5, 5.41) is 3.99. The third-order valence-corrected chi connectivity index (χ3v) is 14.6. The molecule has 3 heterocycles. The summed E-state index contributed by atoms with van der Waals surface area (Å²) in [5.74, 6) is -1.42. The number of halogens is 2. The standard InChI is InChI=1S/C41H44BrClN4O7S2/c1-6-24-18-41(24,39(50)46-56(51,52)28-12-13-28)19-34(48)33-16-27(54-37-30-15-26(43)11-14-29(30)35(53-5)20-44-37)21-47(33)38(49)31(40(2,3)4)17-36-45-32(22-55-36)23-7-9-25(42)10-8-23/h6-11,14-15,20,22,24,27-28,31,33H,1,12-13,16-19,21H2,2-5H3,(H,46,50)/t24-,27-,31-,33+,41-/m1/s1. The van der Waals surface area contributed by atoms with Crippen molar-refractivity contribution in [2.75, 3.05) is 13.7 Å². The zero-order valence-corrected chi connectivity index (χ0v) is 35.6. The van der Waals surface area contributed by atoms with E-state index in [9.17, 15) is 22.8 Å². The van der Waals surface area contributed by atoms with Crippen LogP contribution in [0.25, 0.3) is 22.0 Å². The fraction of sp³-hybridized carbons (Fsp3) is 0.439. The van der Waals surface area contributed by atoms with Crippen LogP contribution in [0.15, 0.2) is 71.2 Å². The molecule has 5 atom stereocenters. The highest BCUT2D eigenvalue weighted by atomic mass is 79.9. The van der Waals surface area contributed by atoms with E-state index in [0.29, 0.717) is 35.4 Å². The Morgan fingerprint density at radius 2 is 1.89 bits per heavy atom. The molecule has 3 aliphatic rings. The highest BCUT2D eigenvalue weighted by molar-refractivity contribution is 9.10. The molecule has 1 N–H and O–H groups in total. The fourth-order valence-corrected chi connectivity index (χ4v) is 10.3. The monoisotopic (exact) mass is 882 g/mol. The maximum absolute atomic E-state index is 14.9. The number of allylic oxidation sites excluding steroid dienone is 1. The number of nitrogens with one attached hydrogen (secondary N) is 1. The molecule has 7 rings (SSSR count). The first-order valence-corrected chi connectivity index (χ1v) is 22.1. The topological polar surface area (TPSA) is 145 Å². The summed E-state index contributed by atoms with van der Waals surface area (Å²) >= 11 is 11.4. The number of benzene rings is 2. The zero-order chi connectivity index (χ0) is 40.2. The van der Waals surface area contributed by atoms with Crippen molar-refractivity contribution in [1.29, 1.82) is 0 Å². The van der Waals surface area contributed by atoms with E-state index < -0.39 is 50.1 Å². The number of likely N-dealkylation sites (tertiary alicyclic amines) is 1. The lowest BCUT2D eigenvalue weighted by Gasteiger charge is -2.35. The van der Waals surface area contributed by atoms with E-state index in [1.807, 2.05) is 56.5 Å². The van der Waals surface area contributed by atoms with Gasteiger partial charge in [0, 0.05) is 56.4 Å². The summed E-state index contributed by atoms with van der Waals surface area (Å²) in [7, 11) is -2.30. The summed E-state index contributed by atoms with van der Waals surface area (Å²) < 4.78 is 40.9. The van der Waals surface area contributed by atoms with E-state index in [1.54, 1.807) is 36.4 Å². The number of hydrogen-bond acceptors (Lipinski definition) is 10. The van der Waals surface area contributed by atoms with Crippen LogP contribution in [0, 0.1) is 22.7 Å². The van der Waals surface area contributed by atoms with Crippen LogP contribution in [0.1, 0.15) is 57.9 Å². The van der Waals surface area contributed by atoms with Gasteiger partial charge in [-0.3, -0.25) is 19.1 Å². The number of nitrogens with zero attached hydrogens (tertiary/aromatic N) is 3. The highest BCUT2D eigenvalue weighted by Crippen LogP contribution is 2.57. The number of sulfonamides is 1. The molecule has 2 saturated carbocycles. The number of carbonyl (C=O) groups excluding carboxylic acids is 3. The van der Waals surface area contributed by atoms with Crippen molar-refractivity contribution in [1.82, 2.24) is 19.6 Å². The lowest BCUT2D eigenvalue weighted by molar-refractivity contribution is -0.144. The van der Waals surface area contributed by atoms with Crippen LogP contribution >= 0.6 is 38.9 Å². The van der Waals surface area contributed by atoms with Gasteiger partial charge in [-0.15, -0.1) is 17.9 Å². The number of Topliss-reactive ketones (excluding diaryl/α,β-unsaturated/α-hetero) is 1. The Morgan fingerprint density at radius 3 is 2.54 bits per heavy atom. The van der Waals surface area contributed by atoms with E-state index in [1.165, 1.54) is 11.3 Å². The van der Waals surface area contributed by atoms with Gasteiger partial charge in [-0.1, -0.05) is 66.5 Å². The van der Waals surface area contributed by atoms with E-state index >= 15 is 0 Å². The quantitative estimate of drug-likeness (QED) is 0.126. The Labute approximate surface area is 344 Å². The van der Waals surface area contributed by atoms with Gasteiger partial charge in [0.05, 0.1) is 47.3 Å². The molecule has 2 aromatic carbocycles. The summed E-state index contributed by atoms with van der Waals surface area (Å²) in [4.78, 5) is 54.2. The first kappa shape index (κ1) is 40.4. The van der Waals surface area contributed by atoms with Gasteiger partial charge in [-0.05, 0) is 60.9 Å². The molecule has 11 nitrogen and oxygen atoms in total. The number of amides is 2. The molecule has 0 radical (unpaired) electrons.